The van der Waals surface area contributed by atoms with E-state index >= 15 is 0 Å². The third-order valence-electron chi connectivity index (χ3n) is 0. The Kier molecular flexibility index (Phi) is 14.0. The molecule has 0 bridgehead atoms. The Morgan fingerprint density at radius 3 is 1.67 bits per heavy atom. The van der Waals surface area contributed by atoms with Crippen molar-refractivity contribution in [2.24, 2.45) is 0 Å². The van der Waals surface area contributed by atoms with Crippen molar-refractivity contribution in [3.63, 3.8) is 0 Å². The van der Waals surface area contributed by atoms with Crippen LogP contribution >= 0.6 is 0 Å². The molecule has 0 aromatic carbocycles. The Bertz CT molecular complexity index is 38.8. The van der Waals surface area contributed by atoms with Gasteiger partial charge in [-0.05, 0) is 0 Å². The fourth-order valence-electron chi connectivity index (χ4n) is 0. The molecule has 0 atom stereocenters. The van der Waals surface area contributed by atoms with Crippen LogP contribution in [0.5, 0.6) is 0 Å². The third kappa shape index (κ3) is 14000. The van der Waals surface area contributed by atoms with Crippen molar-refractivity contribution in [1.82, 2.24) is 0 Å². The van der Waals surface area contributed by atoms with Gasteiger partial charge in [0.2, 0.25) is 0 Å². The second-order valence-electron chi connectivity index (χ2n) is 0.238. The van der Waals surface area contributed by atoms with Gasteiger partial charge >= 0.3 is 31.7 Å². The summed E-state index contributed by atoms with van der Waals surface area (Å²) in [5, 5.41) is 13.6. The molecule has 0 saturated heterocycles. The first-order valence-corrected chi connectivity index (χ1v) is 2.47. The molecule has 0 unspecified atom stereocenters. The molecular weight excluding hydrogens is 316 g/mol. The summed E-state index contributed by atoms with van der Waals surface area (Å²) in [6.45, 7) is 0. The van der Waals surface area contributed by atoms with E-state index < -0.39 is 5.09 Å². The Labute approximate surface area is 52.2 Å². The average Bonchev–Trinajstić information content (AvgIpc) is 1.41. The molecule has 34 valence electrons. The van der Waals surface area contributed by atoms with Crippen molar-refractivity contribution in [3.8, 4) is 0 Å². The maximum absolute atomic E-state index is 8.42. The monoisotopic (exact) mass is 317 g/mol. The van der Waals surface area contributed by atoms with E-state index in [1.807, 2.05) is 0 Å². The van der Waals surface area contributed by atoms with E-state index in [0.717, 1.165) is 0 Å². The molecule has 0 aromatic heterocycles. The van der Waals surface area contributed by atoms with Crippen LogP contribution in [-0.4, -0.2) is 10.3 Å². The summed E-state index contributed by atoms with van der Waals surface area (Å²) in [5.74, 6) is 0. The average molecular weight is 317 g/mol. The molecular formula is HNO4U. The van der Waals surface area contributed by atoms with E-state index in [2.05, 4.69) is 0 Å². The molecule has 1 N–H and O–H groups in total. The molecule has 0 spiro atoms. The van der Waals surface area contributed by atoms with Crippen LogP contribution in [0.25, 0.3) is 0 Å². The number of hydrogen-bond acceptors (Lipinski definition) is 3. The van der Waals surface area contributed by atoms with Gasteiger partial charge in [-0.1, -0.05) is 0 Å². The van der Waals surface area contributed by atoms with Crippen molar-refractivity contribution < 1.29 is 42.0 Å². The van der Waals surface area contributed by atoms with E-state index in [9.17, 15) is 0 Å². The van der Waals surface area contributed by atoms with Gasteiger partial charge in [0.1, 0.15) is 0 Å². The summed E-state index contributed by atoms with van der Waals surface area (Å²) in [7, 11) is 0. The Morgan fingerprint density at radius 1 is 1.67 bits per heavy atom. The molecule has 0 saturated carbocycles. The SMILES string of the molecule is O=[N+]([O-])O.[O]=[U]. The second kappa shape index (κ2) is 8.90. The van der Waals surface area contributed by atoms with Crippen LogP contribution in [0.15, 0.2) is 0 Å². The summed E-state index contributed by atoms with van der Waals surface area (Å²) in [6.07, 6.45) is 0. The van der Waals surface area contributed by atoms with E-state index in [1.165, 1.54) is 0 Å². The van der Waals surface area contributed by atoms with Crippen LogP contribution < -0.4 is 0 Å². The quantitative estimate of drug-likeness (QED) is 0.484. The molecule has 0 aliphatic heterocycles. The molecule has 0 aromatic rings. The van der Waals surface area contributed by atoms with Crippen LogP contribution in [-0.2, 0) is 2.24 Å². The first kappa shape index (κ1) is 9.41. The van der Waals surface area contributed by atoms with Crippen LogP contribution in [0.4, 0.5) is 0 Å². The molecule has 0 radical (unpaired) electrons. The van der Waals surface area contributed by atoms with Crippen LogP contribution in [0, 0.1) is 39.6 Å². The fourth-order valence-corrected chi connectivity index (χ4v) is 0. The van der Waals surface area contributed by atoms with Gasteiger partial charge in [0, 0.05) is 0 Å². The number of rotatable bonds is 0. The van der Waals surface area contributed by atoms with Gasteiger partial charge in [0.25, 0.3) is 5.09 Å². The van der Waals surface area contributed by atoms with E-state index in [0.29, 0.717) is 0 Å². The molecule has 0 amide bonds. The van der Waals surface area contributed by atoms with Crippen LogP contribution in [0.3, 0.4) is 0 Å². The normalized spacial score (nSPS) is 5.00. The van der Waals surface area contributed by atoms with Gasteiger partial charge in [0.15, 0.2) is 0 Å². The number of hydrogen-bond donors (Lipinski definition) is 1. The van der Waals surface area contributed by atoms with E-state index in [1.54, 1.807) is 0 Å². The molecule has 0 aliphatic carbocycles. The minimum absolute atomic E-state index is 0.0918. The van der Waals surface area contributed by atoms with Gasteiger partial charge in [0.05, 0.1) is 0 Å². The van der Waals surface area contributed by atoms with Crippen molar-refractivity contribution in [1.29, 1.82) is 0 Å². The predicted molar refractivity (Wildman–Crippen MR) is 9.47 cm³/mol. The maximum atomic E-state index is 8.42. The number of nitrogens with zero attached hydrogens (tertiary/aromatic N) is 1. The summed E-state index contributed by atoms with van der Waals surface area (Å²) < 4.78 is 8.42. The zero-order valence-electron chi connectivity index (χ0n) is 2.62. The molecule has 6 heavy (non-hydrogen) atoms. The first-order chi connectivity index (χ1) is 2.73. The first-order valence-electron chi connectivity index (χ1n) is 0.769. The minimum atomic E-state index is -1.50. The molecule has 0 aliphatic rings. The van der Waals surface area contributed by atoms with Gasteiger partial charge < -0.3 is 5.21 Å². The zero-order valence-corrected chi connectivity index (χ0v) is 6.78. The topological polar surface area (TPSA) is 80.4 Å². The summed E-state index contributed by atoms with van der Waals surface area (Å²) in [5.41, 5.74) is 0. The fraction of sp³-hybridized carbons (Fsp3) is 0. The van der Waals surface area contributed by atoms with Gasteiger partial charge in [-0.15, -0.1) is 10.1 Å². The Balaban J connectivity index is 0. The van der Waals surface area contributed by atoms with Gasteiger partial charge in [-0.2, -0.15) is 0 Å². The Hall–Kier alpha value is 0.0519. The van der Waals surface area contributed by atoms with Crippen molar-refractivity contribution in [3.05, 3.63) is 10.1 Å². The van der Waals surface area contributed by atoms with Crippen LogP contribution in [0.2, 0.25) is 0 Å². The molecule has 6 heteroatoms. The summed E-state index contributed by atoms with van der Waals surface area (Å²) in [6, 6.07) is 0. The molecule has 0 rings (SSSR count). The van der Waals surface area contributed by atoms with Gasteiger partial charge in [-0.3, -0.25) is 0 Å². The molecule has 5 nitrogen and oxygen atoms in total. The summed E-state index contributed by atoms with van der Waals surface area (Å²) >= 11 is -0.0918. The van der Waals surface area contributed by atoms with Crippen LogP contribution in [0.1, 0.15) is 0 Å². The predicted octanol–water partition coefficient (Wildman–Crippen LogP) is -0.467. The summed E-state index contributed by atoms with van der Waals surface area (Å²) in [4.78, 5) is 8.36. The molecule has 0 fully saturated rings. The van der Waals surface area contributed by atoms with Crippen molar-refractivity contribution in [2.75, 3.05) is 0 Å². The zero-order chi connectivity index (χ0) is 5.58. The van der Waals surface area contributed by atoms with Crippen molar-refractivity contribution >= 4 is 0 Å². The van der Waals surface area contributed by atoms with Gasteiger partial charge in [-0.25, -0.2) is 0 Å². The molecule has 0 heterocycles. The second-order valence-corrected chi connectivity index (χ2v) is 0.238. The van der Waals surface area contributed by atoms with Crippen molar-refractivity contribution in [2.45, 2.75) is 0 Å². The van der Waals surface area contributed by atoms with E-state index in [-0.39, 0.29) is 29.5 Å². The van der Waals surface area contributed by atoms with E-state index in [4.69, 9.17) is 17.6 Å². The Morgan fingerprint density at radius 2 is 1.67 bits per heavy atom. The standard InChI is InChI=1S/HNO3.O.U/c2-1(3)4;;/h(H,2,3,4);;. The third-order valence-corrected chi connectivity index (χ3v) is 0.